The second kappa shape index (κ2) is 9.17. The molecule has 2 heterocycles. The highest BCUT2D eigenvalue weighted by Crippen LogP contribution is 2.32. The lowest BCUT2D eigenvalue weighted by Gasteiger charge is -2.24. The minimum atomic E-state index is -0.698. The number of carbonyl (C=O) groups excluding carboxylic acids is 1. The highest BCUT2D eigenvalue weighted by molar-refractivity contribution is 6.32. The van der Waals surface area contributed by atoms with Crippen LogP contribution in [0.5, 0.6) is 0 Å². The quantitative estimate of drug-likeness (QED) is 0.449. The van der Waals surface area contributed by atoms with Gasteiger partial charge in [-0.2, -0.15) is 0 Å². The highest BCUT2D eigenvalue weighted by Gasteiger charge is 2.32. The molecule has 0 fully saturated rings. The number of anilines is 1. The summed E-state index contributed by atoms with van der Waals surface area (Å²) in [5.74, 6) is -0.188. The zero-order valence-corrected chi connectivity index (χ0v) is 20.2. The Kier molecular flexibility index (Phi) is 6.05. The standard InChI is InChI=1S/C27H25ClN4O3/c1-16-3-5-17(6-4-16)13-22-26(34)32(11-12-33)23-10-8-19(28)15-20(23)25(29-22)18-7-9-24-21(14-18)30-27(35)31(24)2/h3-10,14-15,22,33H,11-13H2,1-2H3,(H,30,35). The van der Waals surface area contributed by atoms with Gasteiger partial charge in [0.25, 0.3) is 5.91 Å². The third kappa shape index (κ3) is 4.29. The molecule has 0 saturated heterocycles. The molecule has 2 N–H and O–H groups in total. The highest BCUT2D eigenvalue weighted by atomic mass is 35.5. The summed E-state index contributed by atoms with van der Waals surface area (Å²) in [4.78, 5) is 35.3. The maximum atomic E-state index is 13.7. The molecule has 0 radical (unpaired) electrons. The molecule has 178 valence electrons. The molecule has 0 aliphatic carbocycles. The van der Waals surface area contributed by atoms with Crippen LogP contribution in [-0.4, -0.2) is 45.5 Å². The Bertz CT molecular complexity index is 1520. The number of hydrogen-bond donors (Lipinski definition) is 2. The first kappa shape index (κ1) is 23.1. The lowest BCUT2D eigenvalue weighted by molar-refractivity contribution is -0.119. The van der Waals surface area contributed by atoms with Gasteiger partial charge in [-0.3, -0.25) is 14.4 Å². The van der Waals surface area contributed by atoms with Crippen LogP contribution in [0.2, 0.25) is 5.02 Å². The van der Waals surface area contributed by atoms with Crippen LogP contribution in [0.15, 0.2) is 70.5 Å². The maximum Gasteiger partial charge on any atom is 0.326 e. The van der Waals surface area contributed by atoms with E-state index in [1.54, 1.807) is 34.7 Å². The molecule has 1 unspecified atom stereocenters. The lowest BCUT2D eigenvalue weighted by Crippen LogP contribution is -2.40. The van der Waals surface area contributed by atoms with E-state index in [9.17, 15) is 14.7 Å². The third-order valence-corrected chi connectivity index (χ3v) is 6.63. The molecule has 3 aromatic carbocycles. The molecule has 0 saturated carbocycles. The molecular weight excluding hydrogens is 464 g/mol. The van der Waals surface area contributed by atoms with E-state index in [0.29, 0.717) is 33.9 Å². The van der Waals surface area contributed by atoms with Crippen LogP contribution in [0.4, 0.5) is 5.69 Å². The fraction of sp³-hybridized carbons (Fsp3) is 0.222. The molecule has 0 bridgehead atoms. The van der Waals surface area contributed by atoms with E-state index in [-0.39, 0.29) is 24.7 Å². The first-order valence-electron chi connectivity index (χ1n) is 11.4. The summed E-state index contributed by atoms with van der Waals surface area (Å²) in [5, 5.41) is 10.3. The zero-order chi connectivity index (χ0) is 24.7. The number of nitrogens with zero attached hydrogens (tertiary/aromatic N) is 3. The van der Waals surface area contributed by atoms with Crippen molar-refractivity contribution in [3.63, 3.8) is 0 Å². The van der Waals surface area contributed by atoms with Crippen LogP contribution in [-0.2, 0) is 18.3 Å². The van der Waals surface area contributed by atoms with Crippen LogP contribution in [0, 0.1) is 6.92 Å². The molecule has 7 nitrogen and oxygen atoms in total. The van der Waals surface area contributed by atoms with Gasteiger partial charge in [-0.05, 0) is 42.8 Å². The van der Waals surface area contributed by atoms with Crippen molar-refractivity contribution in [3.05, 3.63) is 98.4 Å². The number of aromatic amines is 1. The molecule has 4 aromatic rings. The van der Waals surface area contributed by atoms with Crippen molar-refractivity contribution >= 4 is 39.9 Å². The van der Waals surface area contributed by atoms with E-state index in [4.69, 9.17) is 16.6 Å². The van der Waals surface area contributed by atoms with Crippen LogP contribution in [0.3, 0.4) is 0 Å². The summed E-state index contributed by atoms with van der Waals surface area (Å²) in [6.45, 7) is 1.98. The van der Waals surface area contributed by atoms with Crippen molar-refractivity contribution < 1.29 is 9.90 Å². The van der Waals surface area contributed by atoms with Gasteiger partial charge in [-0.1, -0.05) is 47.5 Å². The van der Waals surface area contributed by atoms with Crippen LogP contribution >= 0.6 is 11.6 Å². The van der Waals surface area contributed by atoms with Crippen molar-refractivity contribution in [3.8, 4) is 0 Å². The average molecular weight is 489 g/mol. The summed E-state index contributed by atoms with van der Waals surface area (Å²) in [6, 6.07) is 18.3. The Morgan fingerprint density at radius 3 is 2.57 bits per heavy atom. The lowest BCUT2D eigenvalue weighted by atomic mass is 9.99. The number of benzodiazepines with no additional fused rings is 1. The van der Waals surface area contributed by atoms with Gasteiger partial charge >= 0.3 is 5.69 Å². The number of imidazole rings is 1. The second-order valence-corrected chi connectivity index (χ2v) is 9.22. The van der Waals surface area contributed by atoms with Gasteiger partial charge in [-0.15, -0.1) is 0 Å². The molecular formula is C27H25ClN4O3. The number of amides is 1. The zero-order valence-electron chi connectivity index (χ0n) is 19.5. The Morgan fingerprint density at radius 1 is 1.06 bits per heavy atom. The van der Waals surface area contributed by atoms with Crippen molar-refractivity contribution in [2.75, 3.05) is 18.1 Å². The molecule has 1 amide bonds. The number of rotatable bonds is 5. The number of fused-ring (bicyclic) bond motifs is 2. The minimum Gasteiger partial charge on any atom is -0.395 e. The summed E-state index contributed by atoms with van der Waals surface area (Å²) in [6.07, 6.45) is 0.413. The average Bonchev–Trinajstić information content (AvgIpc) is 3.08. The minimum absolute atomic E-state index is 0.145. The van der Waals surface area contributed by atoms with Crippen LogP contribution in [0.1, 0.15) is 22.3 Å². The molecule has 1 aliphatic heterocycles. The van der Waals surface area contributed by atoms with E-state index in [2.05, 4.69) is 4.98 Å². The van der Waals surface area contributed by atoms with Gasteiger partial charge in [0.15, 0.2) is 0 Å². The molecule has 35 heavy (non-hydrogen) atoms. The van der Waals surface area contributed by atoms with Crippen molar-refractivity contribution in [1.82, 2.24) is 9.55 Å². The van der Waals surface area contributed by atoms with E-state index < -0.39 is 6.04 Å². The Morgan fingerprint density at radius 2 is 1.83 bits per heavy atom. The molecule has 8 heteroatoms. The topological polar surface area (TPSA) is 90.7 Å². The number of nitrogens with one attached hydrogen (secondary N) is 1. The normalized spacial score (nSPS) is 15.8. The summed E-state index contributed by atoms with van der Waals surface area (Å²) in [5.41, 5.74) is 6.09. The number of aliphatic hydroxyl groups is 1. The predicted molar refractivity (Wildman–Crippen MR) is 139 cm³/mol. The number of H-pyrrole nitrogens is 1. The number of aliphatic imine (C=N–C) groups is 1. The number of aromatic nitrogens is 2. The van der Waals surface area contributed by atoms with E-state index >= 15 is 0 Å². The van der Waals surface area contributed by atoms with Crippen LogP contribution < -0.4 is 10.6 Å². The molecule has 1 atom stereocenters. The number of aliphatic hydroxyl groups excluding tert-OH is 1. The first-order valence-corrected chi connectivity index (χ1v) is 11.8. The Balaban J connectivity index is 1.71. The first-order chi connectivity index (χ1) is 16.9. The summed E-state index contributed by atoms with van der Waals surface area (Å²) >= 11 is 6.39. The molecule has 1 aromatic heterocycles. The summed E-state index contributed by atoms with van der Waals surface area (Å²) in [7, 11) is 1.71. The Labute approximate surface area is 207 Å². The Hall–Kier alpha value is -3.68. The molecule has 0 spiro atoms. The number of benzene rings is 3. The third-order valence-electron chi connectivity index (χ3n) is 6.39. The molecule has 5 rings (SSSR count). The van der Waals surface area contributed by atoms with Gasteiger partial charge in [0.1, 0.15) is 6.04 Å². The SMILES string of the molecule is Cc1ccc(CC2N=C(c3ccc4c(c3)[nH]c(=O)n4C)c3cc(Cl)ccc3N(CCO)C2=O)cc1. The summed E-state index contributed by atoms with van der Waals surface area (Å²) < 4.78 is 1.55. The van der Waals surface area contributed by atoms with Gasteiger partial charge in [-0.25, -0.2) is 4.79 Å². The van der Waals surface area contributed by atoms with Gasteiger partial charge in [0.05, 0.1) is 29.0 Å². The fourth-order valence-corrected chi connectivity index (χ4v) is 4.71. The van der Waals surface area contributed by atoms with Gasteiger partial charge < -0.3 is 15.0 Å². The number of hydrogen-bond acceptors (Lipinski definition) is 4. The van der Waals surface area contributed by atoms with Crippen molar-refractivity contribution in [2.45, 2.75) is 19.4 Å². The van der Waals surface area contributed by atoms with Crippen molar-refractivity contribution in [2.24, 2.45) is 12.0 Å². The van der Waals surface area contributed by atoms with Crippen LogP contribution in [0.25, 0.3) is 11.0 Å². The monoisotopic (exact) mass is 488 g/mol. The van der Waals surface area contributed by atoms with Crippen molar-refractivity contribution in [1.29, 1.82) is 0 Å². The van der Waals surface area contributed by atoms with Gasteiger partial charge in [0.2, 0.25) is 0 Å². The number of carbonyl (C=O) groups is 1. The molecule has 1 aliphatic rings. The largest absolute Gasteiger partial charge is 0.395 e. The van der Waals surface area contributed by atoms with E-state index in [0.717, 1.165) is 22.2 Å². The van der Waals surface area contributed by atoms with E-state index in [1.165, 1.54) is 0 Å². The van der Waals surface area contributed by atoms with Gasteiger partial charge in [0, 0.05) is 36.2 Å². The number of halogens is 1. The second-order valence-electron chi connectivity index (χ2n) is 8.78. The number of aryl methyl sites for hydroxylation is 2. The fourth-order valence-electron chi connectivity index (χ4n) is 4.54. The predicted octanol–water partition coefficient (Wildman–Crippen LogP) is 3.62. The smallest absolute Gasteiger partial charge is 0.326 e. The number of β-amino-alcohol motifs (C(OH)–C–C–N with tert-alkyl or cyclic N) is 1. The maximum absolute atomic E-state index is 13.7. The van der Waals surface area contributed by atoms with E-state index in [1.807, 2.05) is 49.4 Å².